The zero-order valence-electron chi connectivity index (χ0n) is 11.9. The lowest BCUT2D eigenvalue weighted by atomic mass is 9.91. The quantitative estimate of drug-likeness (QED) is 0.833. The van der Waals surface area contributed by atoms with Gasteiger partial charge < -0.3 is 10.6 Å². The van der Waals surface area contributed by atoms with Gasteiger partial charge in [0.2, 0.25) is 5.91 Å². The molecule has 3 fully saturated rings. The van der Waals surface area contributed by atoms with Crippen molar-refractivity contribution in [1.82, 2.24) is 10.6 Å². The summed E-state index contributed by atoms with van der Waals surface area (Å²) >= 11 is 1.93. The molecule has 2 aliphatic carbocycles. The largest absolute Gasteiger partial charge is 0.352 e. The summed E-state index contributed by atoms with van der Waals surface area (Å²) in [5, 5.41) is 7.41. The van der Waals surface area contributed by atoms with E-state index >= 15 is 0 Å². The first-order valence-corrected chi connectivity index (χ1v) is 9.08. The van der Waals surface area contributed by atoms with Crippen LogP contribution in [0.4, 0.5) is 0 Å². The molecule has 4 heteroatoms. The van der Waals surface area contributed by atoms with E-state index < -0.39 is 0 Å². The van der Waals surface area contributed by atoms with Gasteiger partial charge in [0.1, 0.15) is 0 Å². The molecule has 1 amide bonds. The zero-order valence-corrected chi connectivity index (χ0v) is 12.7. The topological polar surface area (TPSA) is 41.1 Å². The van der Waals surface area contributed by atoms with E-state index in [1.807, 2.05) is 11.8 Å². The van der Waals surface area contributed by atoms with Crippen LogP contribution in [-0.2, 0) is 4.79 Å². The smallest absolute Gasteiger partial charge is 0.223 e. The minimum atomic E-state index is 0.319. The summed E-state index contributed by atoms with van der Waals surface area (Å²) in [6.07, 6.45) is 10.8. The van der Waals surface area contributed by atoms with Gasteiger partial charge in [-0.05, 0) is 56.9 Å². The van der Waals surface area contributed by atoms with Crippen LogP contribution in [0, 0.1) is 11.3 Å². The highest BCUT2D eigenvalue weighted by Crippen LogP contribution is 2.58. The third-order valence-corrected chi connectivity index (χ3v) is 6.61. The van der Waals surface area contributed by atoms with Gasteiger partial charge in [-0.1, -0.05) is 12.8 Å². The standard InChI is InChI=1S/C15H26N2OS/c1-19-13-5-3-2-4-12(13)17-14(18)11-10-15(11)6-8-16-9-7-15/h11-13,16H,2-10H2,1H3,(H,17,18). The minimum Gasteiger partial charge on any atom is -0.352 e. The van der Waals surface area contributed by atoms with Crippen LogP contribution < -0.4 is 10.6 Å². The van der Waals surface area contributed by atoms with Crippen molar-refractivity contribution in [1.29, 1.82) is 0 Å². The third kappa shape index (κ3) is 2.80. The third-order valence-electron chi connectivity index (χ3n) is 5.44. The van der Waals surface area contributed by atoms with Crippen LogP contribution in [-0.4, -0.2) is 36.5 Å². The highest BCUT2D eigenvalue weighted by atomic mass is 32.2. The van der Waals surface area contributed by atoms with E-state index in [4.69, 9.17) is 0 Å². The monoisotopic (exact) mass is 282 g/mol. The molecular weight excluding hydrogens is 256 g/mol. The Morgan fingerprint density at radius 2 is 2.00 bits per heavy atom. The van der Waals surface area contributed by atoms with Crippen LogP contribution in [0.15, 0.2) is 0 Å². The average molecular weight is 282 g/mol. The van der Waals surface area contributed by atoms with Gasteiger partial charge in [-0.15, -0.1) is 0 Å². The zero-order chi connectivity index (χ0) is 13.3. The van der Waals surface area contributed by atoms with Crippen LogP contribution in [0.5, 0.6) is 0 Å². The number of rotatable bonds is 3. The normalized spacial score (nSPS) is 37.0. The molecule has 1 heterocycles. The molecule has 1 aliphatic heterocycles. The lowest BCUT2D eigenvalue weighted by Crippen LogP contribution is -2.45. The van der Waals surface area contributed by atoms with Gasteiger partial charge >= 0.3 is 0 Å². The number of amides is 1. The van der Waals surface area contributed by atoms with E-state index in [1.165, 1.54) is 38.5 Å². The Hall–Kier alpha value is -0.220. The molecule has 1 saturated heterocycles. The Kier molecular flexibility index (Phi) is 4.08. The summed E-state index contributed by atoms with van der Waals surface area (Å²) in [7, 11) is 0. The molecule has 3 atom stereocenters. The van der Waals surface area contributed by atoms with Crippen molar-refractivity contribution in [3.63, 3.8) is 0 Å². The molecule has 2 saturated carbocycles. The van der Waals surface area contributed by atoms with Crippen molar-refractivity contribution in [2.24, 2.45) is 11.3 Å². The maximum atomic E-state index is 12.5. The van der Waals surface area contributed by atoms with Crippen LogP contribution in [0.3, 0.4) is 0 Å². The Morgan fingerprint density at radius 3 is 2.74 bits per heavy atom. The van der Waals surface area contributed by atoms with Gasteiger partial charge in [0.25, 0.3) is 0 Å². The molecule has 3 nitrogen and oxygen atoms in total. The summed E-state index contributed by atoms with van der Waals surface area (Å²) < 4.78 is 0. The second kappa shape index (κ2) is 5.65. The Balaban J connectivity index is 1.54. The summed E-state index contributed by atoms with van der Waals surface area (Å²) in [4.78, 5) is 12.5. The molecule has 0 aromatic carbocycles. The molecule has 3 rings (SSSR count). The fourth-order valence-corrected chi connectivity index (χ4v) is 4.96. The molecule has 2 N–H and O–H groups in total. The molecule has 0 aromatic rings. The second-order valence-electron chi connectivity index (χ2n) is 6.54. The van der Waals surface area contributed by atoms with Crippen LogP contribution in [0.1, 0.15) is 44.9 Å². The summed E-state index contributed by atoms with van der Waals surface area (Å²) in [5.74, 6) is 0.673. The van der Waals surface area contributed by atoms with Crippen molar-refractivity contribution in [2.45, 2.75) is 56.2 Å². The van der Waals surface area contributed by atoms with Crippen molar-refractivity contribution >= 4 is 17.7 Å². The molecular formula is C15H26N2OS. The van der Waals surface area contributed by atoms with Crippen LogP contribution in [0.25, 0.3) is 0 Å². The molecule has 0 aromatic heterocycles. The predicted octanol–water partition coefficient (Wildman–Crippen LogP) is 2.17. The van der Waals surface area contributed by atoms with Gasteiger partial charge in [-0.25, -0.2) is 0 Å². The van der Waals surface area contributed by atoms with E-state index in [1.54, 1.807) is 0 Å². The number of carbonyl (C=O) groups is 1. The van der Waals surface area contributed by atoms with Crippen LogP contribution >= 0.6 is 11.8 Å². The second-order valence-corrected chi connectivity index (χ2v) is 7.62. The van der Waals surface area contributed by atoms with E-state index in [0.717, 1.165) is 19.5 Å². The molecule has 0 bridgehead atoms. The number of hydrogen-bond acceptors (Lipinski definition) is 3. The van der Waals surface area contributed by atoms with Gasteiger partial charge in [0.05, 0.1) is 0 Å². The lowest BCUT2D eigenvalue weighted by molar-refractivity contribution is -0.124. The highest BCUT2D eigenvalue weighted by Gasteiger charge is 2.57. The summed E-state index contributed by atoms with van der Waals surface area (Å²) in [6.45, 7) is 2.20. The first-order chi connectivity index (χ1) is 9.25. The Morgan fingerprint density at radius 1 is 1.26 bits per heavy atom. The maximum absolute atomic E-state index is 12.5. The Labute approximate surface area is 120 Å². The average Bonchev–Trinajstić information content (AvgIpc) is 3.14. The molecule has 3 unspecified atom stereocenters. The van der Waals surface area contributed by atoms with E-state index in [-0.39, 0.29) is 0 Å². The van der Waals surface area contributed by atoms with Crippen molar-refractivity contribution in [3.8, 4) is 0 Å². The van der Waals surface area contributed by atoms with Crippen LogP contribution in [0.2, 0.25) is 0 Å². The molecule has 1 spiro atoms. The minimum absolute atomic E-state index is 0.319. The predicted molar refractivity (Wildman–Crippen MR) is 80.3 cm³/mol. The number of nitrogens with one attached hydrogen (secondary N) is 2. The van der Waals surface area contributed by atoms with Crippen molar-refractivity contribution in [2.75, 3.05) is 19.3 Å². The summed E-state index contributed by atoms with van der Waals surface area (Å²) in [5.41, 5.74) is 0.374. The van der Waals surface area contributed by atoms with Gasteiger partial charge in [-0.3, -0.25) is 4.79 Å². The molecule has 19 heavy (non-hydrogen) atoms. The van der Waals surface area contributed by atoms with Crippen molar-refractivity contribution < 1.29 is 4.79 Å². The number of thioether (sulfide) groups is 1. The maximum Gasteiger partial charge on any atom is 0.223 e. The first kappa shape index (κ1) is 13.7. The fraction of sp³-hybridized carbons (Fsp3) is 0.933. The van der Waals surface area contributed by atoms with E-state index in [2.05, 4.69) is 16.9 Å². The highest BCUT2D eigenvalue weighted by molar-refractivity contribution is 7.99. The SMILES string of the molecule is CSC1CCCCC1NC(=O)C1CC12CCNCC2. The fourth-order valence-electron chi connectivity index (χ4n) is 4.02. The van der Waals surface area contributed by atoms with E-state index in [0.29, 0.717) is 28.5 Å². The lowest BCUT2D eigenvalue weighted by Gasteiger charge is -2.31. The molecule has 3 aliphatic rings. The number of carbonyl (C=O) groups excluding carboxylic acids is 1. The Bertz CT molecular complexity index is 341. The molecule has 108 valence electrons. The van der Waals surface area contributed by atoms with Gasteiger partial charge in [0, 0.05) is 17.2 Å². The van der Waals surface area contributed by atoms with Gasteiger partial charge in [-0.2, -0.15) is 11.8 Å². The van der Waals surface area contributed by atoms with E-state index in [9.17, 15) is 4.79 Å². The first-order valence-electron chi connectivity index (χ1n) is 7.79. The molecule has 0 radical (unpaired) electrons. The summed E-state index contributed by atoms with van der Waals surface area (Å²) in [6, 6.07) is 0.426. The number of hydrogen-bond donors (Lipinski definition) is 2. The van der Waals surface area contributed by atoms with Gasteiger partial charge in [0.15, 0.2) is 0 Å². The number of piperidine rings is 1. The van der Waals surface area contributed by atoms with Crippen molar-refractivity contribution in [3.05, 3.63) is 0 Å².